The van der Waals surface area contributed by atoms with E-state index in [1.165, 1.54) is 12.1 Å². The van der Waals surface area contributed by atoms with E-state index >= 15 is 0 Å². The molecule has 0 spiro atoms. The van der Waals surface area contributed by atoms with E-state index in [0.29, 0.717) is 26.2 Å². The Kier molecular flexibility index (Phi) is 6.35. The van der Waals surface area contributed by atoms with Crippen LogP contribution in [0.3, 0.4) is 0 Å². The molecule has 1 amide bonds. The highest BCUT2D eigenvalue weighted by Crippen LogP contribution is 2.22. The monoisotopic (exact) mass is 360 g/mol. The molecule has 7 heteroatoms. The number of morpholine rings is 1. The number of carbonyl (C=O) groups is 1. The lowest BCUT2D eigenvalue weighted by molar-refractivity contribution is -0.139. The Morgan fingerprint density at radius 3 is 2.92 bits per heavy atom. The van der Waals surface area contributed by atoms with E-state index < -0.39 is 0 Å². The summed E-state index contributed by atoms with van der Waals surface area (Å²) in [5.74, 6) is -0.166. The van der Waals surface area contributed by atoms with E-state index in [9.17, 15) is 9.18 Å². The number of hydrogen-bond acceptors (Lipinski definition) is 4. The standard InChI is InChI=1S/C19H25FN4O2/c1-22(8-2-9-23-10-7-21-15-23)14-19(25)24-11-12-26-18(13-24)16-3-5-17(20)6-4-16/h3-7,10,15,18H,2,8-9,11-14H2,1H3. The molecule has 1 aromatic heterocycles. The van der Waals surface area contributed by atoms with Gasteiger partial charge >= 0.3 is 0 Å². The maximum absolute atomic E-state index is 13.1. The van der Waals surface area contributed by atoms with Crippen LogP contribution in [0.4, 0.5) is 4.39 Å². The Bertz CT molecular complexity index is 690. The minimum atomic E-state index is -0.269. The van der Waals surface area contributed by atoms with Crippen LogP contribution in [0, 0.1) is 5.82 Å². The first-order chi connectivity index (χ1) is 12.6. The number of amides is 1. The zero-order chi connectivity index (χ0) is 18.4. The van der Waals surface area contributed by atoms with Gasteiger partial charge in [0, 0.05) is 32.0 Å². The highest BCUT2D eigenvalue weighted by Gasteiger charge is 2.25. The van der Waals surface area contributed by atoms with Crippen LogP contribution in [0.1, 0.15) is 18.1 Å². The summed E-state index contributed by atoms with van der Waals surface area (Å²) in [6.45, 7) is 3.73. The van der Waals surface area contributed by atoms with Gasteiger partial charge in [-0.2, -0.15) is 0 Å². The first kappa shape index (κ1) is 18.5. The average Bonchev–Trinajstić information content (AvgIpc) is 3.16. The normalized spacial score (nSPS) is 17.7. The number of aromatic nitrogens is 2. The van der Waals surface area contributed by atoms with Gasteiger partial charge in [-0.05, 0) is 31.2 Å². The van der Waals surface area contributed by atoms with Gasteiger partial charge in [0.2, 0.25) is 5.91 Å². The molecule has 6 nitrogen and oxygen atoms in total. The van der Waals surface area contributed by atoms with Crippen LogP contribution in [0.5, 0.6) is 0 Å². The smallest absolute Gasteiger partial charge is 0.236 e. The van der Waals surface area contributed by atoms with Crippen LogP contribution in [-0.2, 0) is 16.1 Å². The van der Waals surface area contributed by atoms with Gasteiger partial charge in [0.15, 0.2) is 0 Å². The number of likely N-dealkylation sites (N-methyl/N-ethyl adjacent to an activating group) is 1. The predicted octanol–water partition coefficient (Wildman–Crippen LogP) is 1.94. The van der Waals surface area contributed by atoms with Crippen molar-refractivity contribution in [3.8, 4) is 0 Å². The van der Waals surface area contributed by atoms with Gasteiger partial charge in [-0.25, -0.2) is 9.37 Å². The molecule has 1 atom stereocenters. The first-order valence-corrected chi connectivity index (χ1v) is 8.91. The van der Waals surface area contributed by atoms with Crippen molar-refractivity contribution in [2.45, 2.75) is 19.1 Å². The molecule has 0 bridgehead atoms. The average molecular weight is 360 g/mol. The van der Waals surface area contributed by atoms with Gasteiger partial charge in [0.25, 0.3) is 0 Å². The van der Waals surface area contributed by atoms with Gasteiger partial charge in [0.05, 0.1) is 26.0 Å². The van der Waals surface area contributed by atoms with Crippen LogP contribution >= 0.6 is 0 Å². The lowest BCUT2D eigenvalue weighted by atomic mass is 10.1. The second-order valence-corrected chi connectivity index (χ2v) is 6.64. The molecule has 2 aromatic rings. The Morgan fingerprint density at radius 2 is 2.19 bits per heavy atom. The Morgan fingerprint density at radius 1 is 1.38 bits per heavy atom. The molecule has 1 saturated heterocycles. The molecule has 1 aromatic carbocycles. The van der Waals surface area contributed by atoms with Crippen molar-refractivity contribution in [1.29, 1.82) is 0 Å². The lowest BCUT2D eigenvalue weighted by Crippen LogP contribution is -2.46. The fraction of sp³-hybridized carbons (Fsp3) is 0.474. The van der Waals surface area contributed by atoms with Crippen LogP contribution in [0.15, 0.2) is 43.0 Å². The summed E-state index contributed by atoms with van der Waals surface area (Å²) < 4.78 is 20.9. The highest BCUT2D eigenvalue weighted by atomic mass is 19.1. The maximum Gasteiger partial charge on any atom is 0.236 e. The largest absolute Gasteiger partial charge is 0.370 e. The second kappa shape index (κ2) is 8.91. The fourth-order valence-electron chi connectivity index (χ4n) is 3.11. The first-order valence-electron chi connectivity index (χ1n) is 8.91. The zero-order valence-corrected chi connectivity index (χ0v) is 15.1. The van der Waals surface area contributed by atoms with Crippen LogP contribution in [0.25, 0.3) is 0 Å². The summed E-state index contributed by atoms with van der Waals surface area (Å²) >= 11 is 0. The summed E-state index contributed by atoms with van der Waals surface area (Å²) in [6, 6.07) is 6.29. The molecular weight excluding hydrogens is 335 g/mol. The quantitative estimate of drug-likeness (QED) is 0.757. The van der Waals surface area contributed by atoms with Crippen LogP contribution < -0.4 is 0 Å². The molecule has 0 saturated carbocycles. The van der Waals surface area contributed by atoms with Crippen molar-refractivity contribution in [3.05, 3.63) is 54.4 Å². The van der Waals surface area contributed by atoms with E-state index in [1.807, 2.05) is 27.6 Å². The molecule has 0 radical (unpaired) electrons. The van der Waals surface area contributed by atoms with Crippen LogP contribution in [0.2, 0.25) is 0 Å². The fourth-order valence-corrected chi connectivity index (χ4v) is 3.11. The van der Waals surface area contributed by atoms with Crippen molar-refractivity contribution in [1.82, 2.24) is 19.4 Å². The number of rotatable bonds is 7. The third kappa shape index (κ3) is 5.12. The second-order valence-electron chi connectivity index (χ2n) is 6.64. The molecular formula is C19H25FN4O2. The SMILES string of the molecule is CN(CCCn1ccnc1)CC(=O)N1CCOC(c2ccc(F)cc2)C1. The Balaban J connectivity index is 1.45. The summed E-state index contributed by atoms with van der Waals surface area (Å²) in [7, 11) is 1.96. The van der Waals surface area contributed by atoms with E-state index in [-0.39, 0.29) is 17.8 Å². The van der Waals surface area contributed by atoms with Gasteiger partial charge < -0.3 is 14.2 Å². The third-order valence-corrected chi connectivity index (χ3v) is 4.58. The zero-order valence-electron chi connectivity index (χ0n) is 15.1. The topological polar surface area (TPSA) is 50.6 Å². The molecule has 1 fully saturated rings. The number of nitrogens with zero attached hydrogens (tertiary/aromatic N) is 4. The summed E-state index contributed by atoms with van der Waals surface area (Å²) in [5, 5.41) is 0. The number of aryl methyl sites for hydroxylation is 1. The molecule has 1 aliphatic rings. The summed E-state index contributed by atoms with van der Waals surface area (Å²) in [6.07, 6.45) is 6.27. The lowest BCUT2D eigenvalue weighted by Gasteiger charge is -2.34. The molecule has 140 valence electrons. The minimum absolute atomic E-state index is 0.102. The molecule has 2 heterocycles. The van der Waals surface area contributed by atoms with E-state index in [4.69, 9.17) is 4.74 Å². The molecule has 26 heavy (non-hydrogen) atoms. The van der Waals surface area contributed by atoms with Gasteiger partial charge in [-0.3, -0.25) is 9.69 Å². The van der Waals surface area contributed by atoms with Gasteiger partial charge in [0.1, 0.15) is 11.9 Å². The molecule has 0 aliphatic carbocycles. The molecule has 1 aliphatic heterocycles. The third-order valence-electron chi connectivity index (χ3n) is 4.58. The van der Waals surface area contributed by atoms with Crippen molar-refractivity contribution in [2.24, 2.45) is 0 Å². The minimum Gasteiger partial charge on any atom is -0.370 e. The van der Waals surface area contributed by atoms with E-state index in [2.05, 4.69) is 4.98 Å². The van der Waals surface area contributed by atoms with Gasteiger partial charge in [-0.15, -0.1) is 0 Å². The van der Waals surface area contributed by atoms with Crippen molar-refractivity contribution >= 4 is 5.91 Å². The van der Waals surface area contributed by atoms with Crippen molar-refractivity contribution in [3.63, 3.8) is 0 Å². The number of ether oxygens (including phenoxy) is 1. The number of imidazole rings is 1. The van der Waals surface area contributed by atoms with E-state index in [0.717, 1.165) is 25.1 Å². The molecule has 1 unspecified atom stereocenters. The predicted molar refractivity (Wildman–Crippen MR) is 96.0 cm³/mol. The highest BCUT2D eigenvalue weighted by molar-refractivity contribution is 5.78. The summed E-state index contributed by atoms with van der Waals surface area (Å²) in [4.78, 5) is 20.5. The van der Waals surface area contributed by atoms with Crippen molar-refractivity contribution < 1.29 is 13.9 Å². The van der Waals surface area contributed by atoms with Crippen LogP contribution in [-0.4, -0.2) is 65.1 Å². The maximum atomic E-state index is 13.1. The Hall–Kier alpha value is -2.25. The number of carbonyl (C=O) groups excluding carboxylic acids is 1. The summed E-state index contributed by atoms with van der Waals surface area (Å²) in [5.41, 5.74) is 0.901. The molecule has 3 rings (SSSR count). The van der Waals surface area contributed by atoms with Crippen molar-refractivity contribution in [2.75, 3.05) is 39.8 Å². The Labute approximate surface area is 153 Å². The van der Waals surface area contributed by atoms with E-state index in [1.54, 1.807) is 24.7 Å². The number of benzene rings is 1. The number of halogens is 1. The molecule has 0 N–H and O–H groups in total. The van der Waals surface area contributed by atoms with Gasteiger partial charge in [-0.1, -0.05) is 12.1 Å². The number of hydrogen-bond donors (Lipinski definition) is 0.